The van der Waals surface area contributed by atoms with Gasteiger partial charge in [-0.15, -0.1) is 0 Å². The second-order valence-corrected chi connectivity index (χ2v) is 3.38. The Morgan fingerprint density at radius 2 is 2.28 bits per heavy atom. The number of halogens is 1. The minimum Gasteiger partial charge on any atom is -0.494 e. The van der Waals surface area contributed by atoms with Gasteiger partial charge in [0, 0.05) is 18.7 Å². The lowest BCUT2D eigenvalue weighted by Gasteiger charge is -2.09. The van der Waals surface area contributed by atoms with Gasteiger partial charge in [-0.25, -0.2) is 9.18 Å². The highest BCUT2D eigenvalue weighted by Gasteiger charge is 2.02. The van der Waals surface area contributed by atoms with Crippen molar-refractivity contribution in [3.63, 3.8) is 0 Å². The van der Waals surface area contributed by atoms with Crippen LogP contribution in [0.25, 0.3) is 0 Å². The summed E-state index contributed by atoms with van der Waals surface area (Å²) < 4.78 is 22.7. The summed E-state index contributed by atoms with van der Waals surface area (Å²) in [5.74, 6) is -0.329. The van der Waals surface area contributed by atoms with Gasteiger partial charge in [-0.1, -0.05) is 6.08 Å². The molecule has 18 heavy (non-hydrogen) atoms. The molecular formula is C13H16FNO3. The van der Waals surface area contributed by atoms with Gasteiger partial charge in [-0.2, -0.15) is 0 Å². The van der Waals surface area contributed by atoms with Crippen LogP contribution in [-0.4, -0.2) is 26.2 Å². The maximum atomic E-state index is 12.9. The van der Waals surface area contributed by atoms with Gasteiger partial charge in [0.15, 0.2) is 0 Å². The monoisotopic (exact) mass is 253 g/mol. The Hall–Kier alpha value is -2.04. The highest BCUT2D eigenvalue weighted by Crippen LogP contribution is 2.24. The fourth-order valence-electron chi connectivity index (χ4n) is 1.33. The molecule has 0 aliphatic rings. The van der Waals surface area contributed by atoms with E-state index in [-0.39, 0.29) is 11.8 Å². The zero-order chi connectivity index (χ0) is 13.4. The number of ether oxygens (including phenoxy) is 2. The van der Waals surface area contributed by atoms with Crippen LogP contribution in [0.15, 0.2) is 30.4 Å². The number of esters is 1. The molecule has 0 aromatic heterocycles. The predicted octanol–water partition coefficient (Wildman–Crippen LogP) is 2.37. The Balaban J connectivity index is 2.51. The SMILES string of the molecule is CCOC(=O)/C=C/CNc1ccc(F)cc1OC. The molecular weight excluding hydrogens is 237 g/mol. The molecule has 1 N–H and O–H groups in total. The number of hydrogen-bond acceptors (Lipinski definition) is 4. The molecule has 0 aliphatic carbocycles. The van der Waals surface area contributed by atoms with Gasteiger partial charge in [0.05, 0.1) is 19.4 Å². The minimum absolute atomic E-state index is 0.350. The maximum absolute atomic E-state index is 12.9. The van der Waals surface area contributed by atoms with Crippen LogP contribution in [0.2, 0.25) is 0 Å². The van der Waals surface area contributed by atoms with Crippen LogP contribution in [0.5, 0.6) is 5.75 Å². The molecule has 98 valence electrons. The molecule has 0 fully saturated rings. The average Bonchev–Trinajstić information content (AvgIpc) is 2.36. The summed E-state index contributed by atoms with van der Waals surface area (Å²) >= 11 is 0. The van der Waals surface area contributed by atoms with E-state index in [9.17, 15) is 9.18 Å². The summed E-state index contributed by atoms with van der Waals surface area (Å²) in [5.41, 5.74) is 0.660. The Bertz CT molecular complexity index is 432. The molecule has 0 spiro atoms. The number of hydrogen-bond donors (Lipinski definition) is 1. The van der Waals surface area contributed by atoms with Crippen molar-refractivity contribution in [2.45, 2.75) is 6.92 Å². The predicted molar refractivity (Wildman–Crippen MR) is 67.2 cm³/mol. The van der Waals surface area contributed by atoms with E-state index in [1.165, 1.54) is 25.3 Å². The first-order chi connectivity index (χ1) is 8.67. The van der Waals surface area contributed by atoms with E-state index in [0.29, 0.717) is 24.6 Å². The van der Waals surface area contributed by atoms with Crippen molar-refractivity contribution in [2.24, 2.45) is 0 Å². The number of carbonyl (C=O) groups excluding carboxylic acids is 1. The van der Waals surface area contributed by atoms with Crippen LogP contribution in [-0.2, 0) is 9.53 Å². The third-order valence-electron chi connectivity index (χ3n) is 2.11. The van der Waals surface area contributed by atoms with Gasteiger partial charge >= 0.3 is 5.97 Å². The summed E-state index contributed by atoms with van der Waals surface area (Å²) in [5, 5.41) is 3.00. The van der Waals surface area contributed by atoms with Crippen LogP contribution in [0.3, 0.4) is 0 Å². The standard InChI is InChI=1S/C13H16FNO3/c1-3-18-13(16)5-4-8-15-11-7-6-10(14)9-12(11)17-2/h4-7,9,15H,3,8H2,1-2H3/b5-4+. The van der Waals surface area contributed by atoms with E-state index in [1.54, 1.807) is 19.1 Å². The molecule has 0 bridgehead atoms. The van der Waals surface area contributed by atoms with Gasteiger partial charge in [0.1, 0.15) is 11.6 Å². The molecule has 0 amide bonds. The first kappa shape index (κ1) is 14.0. The Morgan fingerprint density at radius 3 is 2.94 bits per heavy atom. The van der Waals surface area contributed by atoms with Crippen LogP contribution in [0, 0.1) is 5.82 Å². The number of carbonyl (C=O) groups is 1. The molecule has 0 saturated carbocycles. The van der Waals surface area contributed by atoms with Gasteiger partial charge in [-0.3, -0.25) is 0 Å². The molecule has 4 nitrogen and oxygen atoms in total. The molecule has 0 aliphatic heterocycles. The second-order valence-electron chi connectivity index (χ2n) is 3.38. The zero-order valence-corrected chi connectivity index (χ0v) is 10.4. The zero-order valence-electron chi connectivity index (χ0n) is 10.4. The highest BCUT2D eigenvalue weighted by atomic mass is 19.1. The van der Waals surface area contributed by atoms with Crippen LogP contribution < -0.4 is 10.1 Å². The molecule has 0 saturated heterocycles. The Labute approximate surface area is 105 Å². The number of methoxy groups -OCH3 is 1. The summed E-state index contributed by atoms with van der Waals surface area (Å²) in [6.07, 6.45) is 2.97. The quantitative estimate of drug-likeness (QED) is 0.624. The average molecular weight is 253 g/mol. The number of anilines is 1. The molecule has 5 heteroatoms. The van der Waals surface area contributed by atoms with Crippen molar-refractivity contribution in [3.05, 3.63) is 36.2 Å². The van der Waals surface area contributed by atoms with Gasteiger partial charge in [-0.05, 0) is 19.1 Å². The lowest BCUT2D eigenvalue weighted by molar-refractivity contribution is -0.137. The Kier molecular flexibility index (Phi) is 5.70. The van der Waals surface area contributed by atoms with E-state index >= 15 is 0 Å². The first-order valence-corrected chi connectivity index (χ1v) is 5.58. The maximum Gasteiger partial charge on any atom is 0.330 e. The largest absolute Gasteiger partial charge is 0.494 e. The van der Waals surface area contributed by atoms with E-state index in [4.69, 9.17) is 9.47 Å². The van der Waals surface area contributed by atoms with Crippen molar-refractivity contribution in [2.75, 3.05) is 25.6 Å². The molecule has 0 unspecified atom stereocenters. The fourth-order valence-corrected chi connectivity index (χ4v) is 1.33. The van der Waals surface area contributed by atoms with E-state index < -0.39 is 0 Å². The fraction of sp³-hybridized carbons (Fsp3) is 0.308. The lowest BCUT2D eigenvalue weighted by atomic mass is 10.3. The number of rotatable bonds is 6. The number of benzene rings is 1. The summed E-state index contributed by atoms with van der Waals surface area (Å²) in [7, 11) is 1.47. The van der Waals surface area contributed by atoms with Crippen molar-refractivity contribution in [1.82, 2.24) is 0 Å². The number of nitrogens with one attached hydrogen (secondary N) is 1. The smallest absolute Gasteiger partial charge is 0.330 e. The third-order valence-corrected chi connectivity index (χ3v) is 2.11. The molecule has 1 rings (SSSR count). The van der Waals surface area contributed by atoms with E-state index in [1.807, 2.05) is 0 Å². The van der Waals surface area contributed by atoms with E-state index in [0.717, 1.165) is 0 Å². The van der Waals surface area contributed by atoms with Crippen molar-refractivity contribution in [3.8, 4) is 5.75 Å². The van der Waals surface area contributed by atoms with Gasteiger partial charge < -0.3 is 14.8 Å². The Morgan fingerprint density at radius 1 is 1.50 bits per heavy atom. The van der Waals surface area contributed by atoms with Crippen molar-refractivity contribution < 1.29 is 18.7 Å². The molecule has 0 radical (unpaired) electrons. The second kappa shape index (κ2) is 7.32. The molecule has 1 aromatic rings. The van der Waals surface area contributed by atoms with Crippen molar-refractivity contribution in [1.29, 1.82) is 0 Å². The minimum atomic E-state index is -0.384. The summed E-state index contributed by atoms with van der Waals surface area (Å²) in [4.78, 5) is 11.0. The lowest BCUT2D eigenvalue weighted by Crippen LogP contribution is -2.03. The highest BCUT2D eigenvalue weighted by molar-refractivity contribution is 5.81. The van der Waals surface area contributed by atoms with Crippen molar-refractivity contribution >= 4 is 11.7 Å². The summed E-state index contributed by atoms with van der Waals surface area (Å²) in [6.45, 7) is 2.51. The van der Waals surface area contributed by atoms with Crippen LogP contribution in [0.1, 0.15) is 6.92 Å². The molecule has 1 aromatic carbocycles. The molecule has 0 heterocycles. The van der Waals surface area contributed by atoms with Crippen LogP contribution in [0.4, 0.5) is 10.1 Å². The van der Waals surface area contributed by atoms with Crippen LogP contribution >= 0.6 is 0 Å². The summed E-state index contributed by atoms with van der Waals surface area (Å²) in [6, 6.07) is 4.20. The third kappa shape index (κ3) is 4.45. The topological polar surface area (TPSA) is 47.6 Å². The van der Waals surface area contributed by atoms with E-state index in [2.05, 4.69) is 5.32 Å². The molecule has 0 atom stereocenters. The van der Waals surface area contributed by atoms with Gasteiger partial charge in [0.25, 0.3) is 0 Å². The first-order valence-electron chi connectivity index (χ1n) is 5.58. The normalized spacial score (nSPS) is 10.4. The van der Waals surface area contributed by atoms with Gasteiger partial charge in [0.2, 0.25) is 0 Å².